The SMILES string of the molecule is COc1ccc(CCNC(=O)Cc2csc(-c3ccccn3)n2)cc1OC. The molecule has 1 aromatic carbocycles. The molecule has 3 rings (SSSR count). The molecule has 1 amide bonds. The van der Waals surface area contributed by atoms with Crippen LogP contribution >= 0.6 is 11.3 Å². The second-order valence-electron chi connectivity index (χ2n) is 5.83. The summed E-state index contributed by atoms with van der Waals surface area (Å²) in [5, 5.41) is 5.66. The minimum atomic E-state index is -0.0478. The number of thiazole rings is 1. The molecule has 0 radical (unpaired) electrons. The summed E-state index contributed by atoms with van der Waals surface area (Å²) in [5.74, 6) is 1.33. The molecule has 1 N–H and O–H groups in total. The molecule has 0 unspecified atom stereocenters. The number of nitrogens with zero attached hydrogens (tertiary/aromatic N) is 2. The molecule has 140 valence electrons. The smallest absolute Gasteiger partial charge is 0.226 e. The highest BCUT2D eigenvalue weighted by molar-refractivity contribution is 7.13. The average Bonchev–Trinajstić information content (AvgIpc) is 3.17. The Morgan fingerprint density at radius 3 is 2.74 bits per heavy atom. The van der Waals surface area contributed by atoms with E-state index >= 15 is 0 Å². The number of amides is 1. The molecular weight excluding hydrogens is 362 g/mol. The van der Waals surface area contributed by atoms with Crippen LogP contribution in [0.2, 0.25) is 0 Å². The van der Waals surface area contributed by atoms with E-state index in [1.807, 2.05) is 41.8 Å². The molecule has 0 atom stereocenters. The summed E-state index contributed by atoms with van der Waals surface area (Å²) in [4.78, 5) is 20.9. The zero-order chi connectivity index (χ0) is 19.1. The number of hydrogen-bond acceptors (Lipinski definition) is 6. The Balaban J connectivity index is 1.50. The van der Waals surface area contributed by atoms with E-state index in [2.05, 4.69) is 15.3 Å². The van der Waals surface area contributed by atoms with E-state index in [4.69, 9.17) is 9.47 Å². The van der Waals surface area contributed by atoms with Crippen LogP contribution in [0.1, 0.15) is 11.3 Å². The average molecular weight is 383 g/mol. The first-order chi connectivity index (χ1) is 13.2. The highest BCUT2D eigenvalue weighted by Crippen LogP contribution is 2.27. The maximum atomic E-state index is 12.2. The zero-order valence-corrected chi connectivity index (χ0v) is 16.1. The van der Waals surface area contributed by atoms with E-state index in [0.717, 1.165) is 22.0 Å². The Morgan fingerprint density at radius 1 is 1.15 bits per heavy atom. The molecule has 2 heterocycles. The monoisotopic (exact) mass is 383 g/mol. The van der Waals surface area contributed by atoms with Crippen LogP contribution in [-0.2, 0) is 17.6 Å². The predicted molar refractivity (Wildman–Crippen MR) is 105 cm³/mol. The molecule has 0 saturated carbocycles. The lowest BCUT2D eigenvalue weighted by atomic mass is 10.1. The second-order valence-corrected chi connectivity index (χ2v) is 6.68. The lowest BCUT2D eigenvalue weighted by molar-refractivity contribution is -0.120. The Labute approximate surface area is 162 Å². The van der Waals surface area contributed by atoms with Crippen molar-refractivity contribution in [2.75, 3.05) is 20.8 Å². The first kappa shape index (κ1) is 18.8. The third kappa shape index (κ3) is 5.04. The number of pyridine rings is 1. The van der Waals surface area contributed by atoms with E-state index in [0.29, 0.717) is 24.5 Å². The third-order valence-electron chi connectivity index (χ3n) is 3.96. The number of benzene rings is 1. The number of carbonyl (C=O) groups excluding carboxylic acids is 1. The number of aromatic nitrogens is 2. The van der Waals surface area contributed by atoms with Gasteiger partial charge in [-0.1, -0.05) is 12.1 Å². The molecule has 0 aliphatic heterocycles. The molecule has 0 saturated heterocycles. The van der Waals surface area contributed by atoms with Gasteiger partial charge in [0.1, 0.15) is 5.01 Å². The van der Waals surface area contributed by atoms with Crippen molar-refractivity contribution in [2.24, 2.45) is 0 Å². The fourth-order valence-corrected chi connectivity index (χ4v) is 3.40. The van der Waals surface area contributed by atoms with Gasteiger partial charge >= 0.3 is 0 Å². The molecule has 0 aliphatic rings. The van der Waals surface area contributed by atoms with Crippen LogP contribution in [0.4, 0.5) is 0 Å². The van der Waals surface area contributed by atoms with Gasteiger partial charge in [0.2, 0.25) is 5.91 Å². The first-order valence-corrected chi connectivity index (χ1v) is 9.41. The maximum Gasteiger partial charge on any atom is 0.226 e. The van der Waals surface area contributed by atoms with Crippen molar-refractivity contribution >= 4 is 17.2 Å². The summed E-state index contributed by atoms with van der Waals surface area (Å²) in [5.41, 5.74) is 2.64. The normalized spacial score (nSPS) is 10.4. The van der Waals surface area contributed by atoms with E-state index in [-0.39, 0.29) is 12.3 Å². The molecule has 0 bridgehead atoms. The van der Waals surface area contributed by atoms with Crippen LogP contribution in [0.25, 0.3) is 10.7 Å². The molecule has 6 nitrogen and oxygen atoms in total. The van der Waals surface area contributed by atoms with Crippen LogP contribution in [0, 0.1) is 0 Å². The van der Waals surface area contributed by atoms with Gasteiger partial charge in [-0.2, -0.15) is 0 Å². The van der Waals surface area contributed by atoms with Crippen LogP contribution in [0.5, 0.6) is 11.5 Å². The molecule has 2 aromatic heterocycles. The quantitative estimate of drug-likeness (QED) is 0.647. The van der Waals surface area contributed by atoms with Gasteiger partial charge in [-0.15, -0.1) is 11.3 Å². The van der Waals surface area contributed by atoms with Gasteiger partial charge in [0.05, 0.1) is 32.0 Å². The van der Waals surface area contributed by atoms with E-state index in [9.17, 15) is 4.79 Å². The van der Waals surface area contributed by atoms with Crippen LogP contribution in [-0.4, -0.2) is 36.6 Å². The van der Waals surface area contributed by atoms with Crippen molar-refractivity contribution in [3.05, 3.63) is 59.2 Å². The van der Waals surface area contributed by atoms with E-state index in [1.165, 1.54) is 11.3 Å². The maximum absolute atomic E-state index is 12.2. The van der Waals surface area contributed by atoms with Crippen LogP contribution < -0.4 is 14.8 Å². The predicted octanol–water partition coefficient (Wildman–Crippen LogP) is 3.12. The molecule has 0 aliphatic carbocycles. The standard InChI is InChI=1S/C20H21N3O3S/c1-25-17-7-6-14(11-18(17)26-2)8-10-22-19(24)12-15-13-27-20(23-15)16-5-3-4-9-21-16/h3-7,9,11,13H,8,10,12H2,1-2H3,(H,22,24). The summed E-state index contributed by atoms with van der Waals surface area (Å²) in [6.07, 6.45) is 2.70. The van der Waals surface area contributed by atoms with Gasteiger partial charge in [-0.25, -0.2) is 4.98 Å². The van der Waals surface area contributed by atoms with Crippen LogP contribution in [0.15, 0.2) is 48.0 Å². The van der Waals surface area contributed by atoms with Gasteiger partial charge in [-0.3, -0.25) is 9.78 Å². The molecule has 0 spiro atoms. The number of rotatable bonds is 8. The minimum absolute atomic E-state index is 0.0478. The fraction of sp³-hybridized carbons (Fsp3) is 0.250. The lowest BCUT2D eigenvalue weighted by Gasteiger charge is -2.10. The molecule has 3 aromatic rings. The number of carbonyl (C=O) groups is 1. The van der Waals surface area contributed by atoms with Crippen molar-refractivity contribution in [1.29, 1.82) is 0 Å². The van der Waals surface area contributed by atoms with Crippen molar-refractivity contribution < 1.29 is 14.3 Å². The van der Waals surface area contributed by atoms with E-state index in [1.54, 1.807) is 20.4 Å². The van der Waals surface area contributed by atoms with Gasteiger partial charge in [0, 0.05) is 18.1 Å². The van der Waals surface area contributed by atoms with Crippen molar-refractivity contribution in [3.63, 3.8) is 0 Å². The Hall–Kier alpha value is -2.93. The van der Waals surface area contributed by atoms with Crippen LogP contribution in [0.3, 0.4) is 0 Å². The number of nitrogens with one attached hydrogen (secondary N) is 1. The number of hydrogen-bond donors (Lipinski definition) is 1. The molecule has 7 heteroatoms. The fourth-order valence-electron chi connectivity index (χ4n) is 2.60. The summed E-state index contributed by atoms with van der Waals surface area (Å²) in [6, 6.07) is 11.4. The summed E-state index contributed by atoms with van der Waals surface area (Å²) in [7, 11) is 3.21. The topological polar surface area (TPSA) is 73.3 Å². The summed E-state index contributed by atoms with van der Waals surface area (Å²) in [6.45, 7) is 0.547. The highest BCUT2D eigenvalue weighted by Gasteiger charge is 2.10. The van der Waals surface area contributed by atoms with Crippen molar-refractivity contribution in [3.8, 4) is 22.2 Å². The molecule has 0 fully saturated rings. The second kappa shape index (κ2) is 9.14. The van der Waals surface area contributed by atoms with Crippen molar-refractivity contribution in [2.45, 2.75) is 12.8 Å². The Morgan fingerprint density at radius 2 is 2.00 bits per heavy atom. The summed E-state index contributed by atoms with van der Waals surface area (Å²) < 4.78 is 10.5. The van der Waals surface area contributed by atoms with Gasteiger partial charge in [0.25, 0.3) is 0 Å². The summed E-state index contributed by atoms with van der Waals surface area (Å²) >= 11 is 1.49. The minimum Gasteiger partial charge on any atom is -0.493 e. The number of ether oxygens (including phenoxy) is 2. The third-order valence-corrected chi connectivity index (χ3v) is 4.87. The zero-order valence-electron chi connectivity index (χ0n) is 15.3. The first-order valence-electron chi connectivity index (χ1n) is 8.53. The lowest BCUT2D eigenvalue weighted by Crippen LogP contribution is -2.27. The largest absolute Gasteiger partial charge is 0.493 e. The van der Waals surface area contributed by atoms with E-state index < -0.39 is 0 Å². The van der Waals surface area contributed by atoms with Gasteiger partial charge in [0.15, 0.2) is 11.5 Å². The Bertz CT molecular complexity index is 896. The Kier molecular flexibility index (Phi) is 6.38. The molecular formula is C20H21N3O3S. The number of methoxy groups -OCH3 is 2. The molecule has 27 heavy (non-hydrogen) atoms. The van der Waals surface area contributed by atoms with Crippen molar-refractivity contribution in [1.82, 2.24) is 15.3 Å². The van der Waals surface area contributed by atoms with Gasteiger partial charge < -0.3 is 14.8 Å². The van der Waals surface area contributed by atoms with Gasteiger partial charge in [-0.05, 0) is 36.2 Å². The highest BCUT2D eigenvalue weighted by atomic mass is 32.1.